The standard InChI is InChI=1S/C14H27NO2S/c1-2-3-4-5-6-10-18-11-14(17)15-12-8-7-9-13(12)16/h12-13,16H,2-11H2,1H3,(H,15,17)/t12-,13-/m0/s1. The molecule has 0 bridgehead atoms. The van der Waals surface area contributed by atoms with Gasteiger partial charge in [0.1, 0.15) is 0 Å². The number of thioether (sulfide) groups is 1. The lowest BCUT2D eigenvalue weighted by molar-refractivity contribution is -0.119. The maximum Gasteiger partial charge on any atom is 0.230 e. The third-order valence-electron chi connectivity index (χ3n) is 3.45. The van der Waals surface area contributed by atoms with Crippen LogP contribution in [0.25, 0.3) is 0 Å². The van der Waals surface area contributed by atoms with E-state index in [-0.39, 0.29) is 18.1 Å². The highest BCUT2D eigenvalue weighted by atomic mass is 32.2. The molecule has 0 unspecified atom stereocenters. The number of carbonyl (C=O) groups excluding carboxylic acids is 1. The van der Waals surface area contributed by atoms with Crippen LogP contribution in [-0.2, 0) is 4.79 Å². The van der Waals surface area contributed by atoms with Crippen molar-refractivity contribution >= 4 is 17.7 Å². The summed E-state index contributed by atoms with van der Waals surface area (Å²) in [6.07, 6.45) is 8.86. The molecule has 0 radical (unpaired) electrons. The Labute approximate surface area is 115 Å². The van der Waals surface area contributed by atoms with Gasteiger partial charge in [-0.25, -0.2) is 0 Å². The van der Waals surface area contributed by atoms with Crippen molar-refractivity contribution in [3.8, 4) is 0 Å². The minimum absolute atomic E-state index is 0.00246. The van der Waals surface area contributed by atoms with Gasteiger partial charge in [0.15, 0.2) is 0 Å². The smallest absolute Gasteiger partial charge is 0.230 e. The molecule has 1 rings (SSSR count). The summed E-state index contributed by atoms with van der Waals surface area (Å²) in [6.45, 7) is 2.22. The van der Waals surface area contributed by atoms with Crippen molar-refractivity contribution in [2.75, 3.05) is 11.5 Å². The molecular weight excluding hydrogens is 246 g/mol. The van der Waals surface area contributed by atoms with Gasteiger partial charge in [-0.1, -0.05) is 32.6 Å². The van der Waals surface area contributed by atoms with E-state index in [1.54, 1.807) is 11.8 Å². The Kier molecular flexibility index (Phi) is 8.51. The fourth-order valence-electron chi connectivity index (χ4n) is 2.33. The van der Waals surface area contributed by atoms with Gasteiger partial charge in [0, 0.05) is 0 Å². The molecule has 2 atom stereocenters. The molecule has 3 nitrogen and oxygen atoms in total. The number of carbonyl (C=O) groups is 1. The molecule has 18 heavy (non-hydrogen) atoms. The maximum absolute atomic E-state index is 11.6. The van der Waals surface area contributed by atoms with Gasteiger partial charge in [-0.3, -0.25) is 4.79 Å². The Morgan fingerprint density at radius 1 is 1.28 bits per heavy atom. The number of aliphatic hydroxyl groups excluding tert-OH is 1. The van der Waals surface area contributed by atoms with Crippen LogP contribution in [0.4, 0.5) is 0 Å². The minimum atomic E-state index is -0.326. The van der Waals surface area contributed by atoms with Crippen LogP contribution in [0.15, 0.2) is 0 Å². The fraction of sp³-hybridized carbons (Fsp3) is 0.929. The molecular formula is C14H27NO2S. The van der Waals surface area contributed by atoms with Crippen molar-refractivity contribution in [2.45, 2.75) is 70.4 Å². The second-order valence-corrected chi connectivity index (χ2v) is 6.24. The zero-order chi connectivity index (χ0) is 13.2. The van der Waals surface area contributed by atoms with Gasteiger partial charge in [-0.05, 0) is 31.4 Å². The van der Waals surface area contributed by atoms with E-state index in [2.05, 4.69) is 12.2 Å². The van der Waals surface area contributed by atoms with Crippen LogP contribution in [0.2, 0.25) is 0 Å². The normalized spacial score (nSPS) is 23.2. The second kappa shape index (κ2) is 9.68. The van der Waals surface area contributed by atoms with E-state index < -0.39 is 0 Å². The lowest BCUT2D eigenvalue weighted by atomic mass is 10.2. The SMILES string of the molecule is CCCCCCCSCC(=O)N[C@H]1CCC[C@@H]1O. The van der Waals surface area contributed by atoms with Crippen molar-refractivity contribution in [1.82, 2.24) is 5.32 Å². The predicted octanol–water partition coefficient (Wildman–Crippen LogP) is 2.72. The van der Waals surface area contributed by atoms with Crippen molar-refractivity contribution in [3.63, 3.8) is 0 Å². The summed E-state index contributed by atoms with van der Waals surface area (Å²) in [5, 5.41) is 12.5. The van der Waals surface area contributed by atoms with Gasteiger partial charge in [0.2, 0.25) is 5.91 Å². The Hall–Kier alpha value is -0.220. The molecule has 1 aliphatic carbocycles. The lowest BCUT2D eigenvalue weighted by Crippen LogP contribution is -2.40. The monoisotopic (exact) mass is 273 g/mol. The summed E-state index contributed by atoms with van der Waals surface area (Å²) < 4.78 is 0. The molecule has 1 fully saturated rings. The highest BCUT2D eigenvalue weighted by Gasteiger charge is 2.26. The highest BCUT2D eigenvalue weighted by molar-refractivity contribution is 7.99. The topological polar surface area (TPSA) is 49.3 Å². The van der Waals surface area contributed by atoms with E-state index in [4.69, 9.17) is 0 Å². The van der Waals surface area contributed by atoms with Gasteiger partial charge in [-0.2, -0.15) is 11.8 Å². The molecule has 0 aromatic heterocycles. The zero-order valence-corrected chi connectivity index (χ0v) is 12.3. The van der Waals surface area contributed by atoms with Crippen LogP contribution < -0.4 is 5.32 Å². The van der Waals surface area contributed by atoms with E-state index in [9.17, 15) is 9.90 Å². The van der Waals surface area contributed by atoms with Crippen LogP contribution in [0.3, 0.4) is 0 Å². The molecule has 1 aliphatic rings. The third kappa shape index (κ3) is 6.64. The van der Waals surface area contributed by atoms with E-state index in [1.165, 1.54) is 32.1 Å². The molecule has 0 aromatic carbocycles. The summed E-state index contributed by atoms with van der Waals surface area (Å²) in [6, 6.07) is 0.00246. The number of unbranched alkanes of at least 4 members (excludes halogenated alkanes) is 4. The van der Waals surface area contributed by atoms with Gasteiger partial charge >= 0.3 is 0 Å². The zero-order valence-electron chi connectivity index (χ0n) is 11.5. The quantitative estimate of drug-likeness (QED) is 0.635. The van der Waals surface area contributed by atoms with E-state index in [1.807, 2.05) is 0 Å². The highest BCUT2D eigenvalue weighted by Crippen LogP contribution is 2.18. The van der Waals surface area contributed by atoms with Crippen LogP contribution >= 0.6 is 11.8 Å². The summed E-state index contributed by atoms with van der Waals surface area (Å²) in [5.74, 6) is 1.70. The van der Waals surface area contributed by atoms with Crippen LogP contribution in [0.5, 0.6) is 0 Å². The van der Waals surface area contributed by atoms with Crippen LogP contribution in [0.1, 0.15) is 58.3 Å². The minimum Gasteiger partial charge on any atom is -0.391 e. The van der Waals surface area contributed by atoms with Gasteiger partial charge in [0.25, 0.3) is 0 Å². The molecule has 106 valence electrons. The number of aliphatic hydroxyl groups is 1. The second-order valence-electron chi connectivity index (χ2n) is 5.14. The Morgan fingerprint density at radius 2 is 2.06 bits per heavy atom. The Bertz CT molecular complexity index is 236. The first kappa shape index (κ1) is 15.8. The van der Waals surface area contributed by atoms with Crippen LogP contribution in [-0.4, -0.2) is 34.7 Å². The van der Waals surface area contributed by atoms with E-state index in [0.717, 1.165) is 25.0 Å². The predicted molar refractivity (Wildman–Crippen MR) is 77.9 cm³/mol. The number of hydrogen-bond acceptors (Lipinski definition) is 3. The molecule has 2 N–H and O–H groups in total. The largest absolute Gasteiger partial charge is 0.391 e. The summed E-state index contributed by atoms with van der Waals surface area (Å²) >= 11 is 1.71. The molecule has 0 saturated heterocycles. The fourth-order valence-corrected chi connectivity index (χ4v) is 3.15. The van der Waals surface area contributed by atoms with Crippen LogP contribution in [0, 0.1) is 0 Å². The number of nitrogens with one attached hydrogen (secondary N) is 1. The number of rotatable bonds is 9. The molecule has 1 amide bonds. The first-order valence-electron chi connectivity index (χ1n) is 7.29. The van der Waals surface area contributed by atoms with Crippen molar-refractivity contribution in [1.29, 1.82) is 0 Å². The van der Waals surface area contributed by atoms with Crippen molar-refractivity contribution < 1.29 is 9.90 Å². The van der Waals surface area contributed by atoms with Gasteiger partial charge in [0.05, 0.1) is 17.9 Å². The summed E-state index contributed by atoms with van der Waals surface area (Å²) in [5.41, 5.74) is 0. The third-order valence-corrected chi connectivity index (χ3v) is 4.49. The Balaban J connectivity index is 1.93. The first-order chi connectivity index (χ1) is 8.74. The van der Waals surface area contributed by atoms with Gasteiger partial charge in [-0.15, -0.1) is 0 Å². The Morgan fingerprint density at radius 3 is 2.72 bits per heavy atom. The molecule has 1 saturated carbocycles. The van der Waals surface area contributed by atoms with E-state index in [0.29, 0.717) is 5.75 Å². The molecule has 4 heteroatoms. The van der Waals surface area contributed by atoms with Crippen molar-refractivity contribution in [2.24, 2.45) is 0 Å². The number of amides is 1. The first-order valence-corrected chi connectivity index (χ1v) is 8.44. The molecule has 0 heterocycles. The van der Waals surface area contributed by atoms with Crippen molar-refractivity contribution in [3.05, 3.63) is 0 Å². The average molecular weight is 273 g/mol. The number of hydrogen-bond donors (Lipinski definition) is 2. The van der Waals surface area contributed by atoms with Gasteiger partial charge < -0.3 is 10.4 Å². The average Bonchev–Trinajstić information content (AvgIpc) is 2.74. The molecule has 0 aliphatic heterocycles. The summed E-state index contributed by atoms with van der Waals surface area (Å²) in [4.78, 5) is 11.6. The molecule has 0 aromatic rings. The lowest BCUT2D eigenvalue weighted by Gasteiger charge is -2.16. The summed E-state index contributed by atoms with van der Waals surface area (Å²) in [7, 11) is 0. The maximum atomic E-state index is 11.6. The molecule has 0 spiro atoms. The van der Waals surface area contributed by atoms with E-state index >= 15 is 0 Å².